The zero-order valence-electron chi connectivity index (χ0n) is 32.9. The molecule has 2 amide bonds. The fourth-order valence-corrected chi connectivity index (χ4v) is 8.95. The Balaban J connectivity index is 1.22. The minimum atomic E-state index is -4.53. The number of carbonyl (C=O) groups is 2. The number of amides is 2. The number of aromatic nitrogens is 3. The molecule has 1 aliphatic carbocycles. The first-order valence-corrected chi connectivity index (χ1v) is 21.2. The Morgan fingerprint density at radius 3 is 2.34 bits per heavy atom. The van der Waals surface area contributed by atoms with Crippen molar-refractivity contribution in [3.63, 3.8) is 0 Å². The number of benzene rings is 2. The molecule has 56 heavy (non-hydrogen) atoms. The molecule has 0 spiro atoms. The van der Waals surface area contributed by atoms with E-state index >= 15 is 0 Å². The largest absolute Gasteiger partial charge is 0.494 e. The van der Waals surface area contributed by atoms with Crippen LogP contribution in [-0.2, 0) is 23.5 Å². The molecule has 0 atom stereocenters. The normalized spacial score (nSPS) is 16.1. The summed E-state index contributed by atoms with van der Waals surface area (Å²) in [5, 5.41) is 12.3. The van der Waals surface area contributed by atoms with Gasteiger partial charge in [0.25, 0.3) is 21.8 Å². The number of sulfonamides is 1. The number of halogens is 2. The highest BCUT2D eigenvalue weighted by molar-refractivity contribution is 7.90. The molecule has 1 fully saturated rings. The van der Waals surface area contributed by atoms with Crippen LogP contribution in [-0.4, -0.2) is 60.2 Å². The van der Waals surface area contributed by atoms with Crippen LogP contribution < -0.4 is 20.1 Å². The van der Waals surface area contributed by atoms with Crippen LogP contribution in [0.3, 0.4) is 0 Å². The summed E-state index contributed by atoms with van der Waals surface area (Å²) >= 11 is 13.2. The van der Waals surface area contributed by atoms with Crippen LogP contribution in [0, 0.1) is 33.6 Å². The summed E-state index contributed by atoms with van der Waals surface area (Å²) in [5.74, 6) is -0.572. The molecule has 15 heteroatoms. The first-order valence-electron chi connectivity index (χ1n) is 19.0. The molecule has 0 unspecified atom stereocenters. The van der Waals surface area contributed by atoms with Crippen molar-refractivity contribution in [2.24, 2.45) is 13.0 Å². The highest BCUT2D eigenvalue weighted by Gasteiger charge is 2.29. The van der Waals surface area contributed by atoms with Gasteiger partial charge in [-0.1, -0.05) is 43.1 Å². The maximum atomic E-state index is 14.0. The van der Waals surface area contributed by atoms with E-state index in [9.17, 15) is 18.0 Å². The summed E-state index contributed by atoms with van der Waals surface area (Å²) < 4.78 is 42.7. The third-order valence-corrected chi connectivity index (χ3v) is 12.6. The summed E-state index contributed by atoms with van der Waals surface area (Å²) in [6.07, 6.45) is 4.89. The van der Waals surface area contributed by atoms with E-state index in [1.165, 1.54) is 12.1 Å². The number of nitrogens with zero attached hydrogens (tertiary/aromatic N) is 2. The highest BCUT2D eigenvalue weighted by atomic mass is 35.5. The molecule has 1 saturated carbocycles. The van der Waals surface area contributed by atoms with Gasteiger partial charge < -0.3 is 24.8 Å². The van der Waals surface area contributed by atoms with E-state index in [2.05, 4.69) is 39.3 Å². The predicted molar refractivity (Wildman–Crippen MR) is 219 cm³/mol. The topological polar surface area (TPSA) is 160 Å². The minimum absolute atomic E-state index is 0.0484. The number of fused-ring (bicyclic) bond motifs is 1. The van der Waals surface area contributed by atoms with Gasteiger partial charge in [-0.25, -0.2) is 4.72 Å². The maximum Gasteiger partial charge on any atom is 0.297 e. The van der Waals surface area contributed by atoms with Crippen molar-refractivity contribution in [3.8, 4) is 16.9 Å². The van der Waals surface area contributed by atoms with Gasteiger partial charge in [0, 0.05) is 52.9 Å². The van der Waals surface area contributed by atoms with Crippen molar-refractivity contribution >= 4 is 55.9 Å². The minimum Gasteiger partial charge on any atom is -0.494 e. The highest BCUT2D eigenvalue weighted by Crippen LogP contribution is 2.40. The molecular weight excluding hydrogens is 775 g/mol. The van der Waals surface area contributed by atoms with Gasteiger partial charge in [0.2, 0.25) is 5.09 Å². The summed E-state index contributed by atoms with van der Waals surface area (Å²) in [5.41, 5.74) is 6.09. The molecule has 0 radical (unpaired) electrons. The summed E-state index contributed by atoms with van der Waals surface area (Å²) in [7, 11) is -2.69. The van der Waals surface area contributed by atoms with Gasteiger partial charge in [-0.3, -0.25) is 14.3 Å². The lowest BCUT2D eigenvalue weighted by Crippen LogP contribution is -2.39. The van der Waals surface area contributed by atoms with Gasteiger partial charge in [-0.2, -0.15) is 13.5 Å². The van der Waals surface area contributed by atoms with Crippen molar-refractivity contribution in [1.82, 2.24) is 30.1 Å². The fraction of sp³-hybridized carbons (Fsp3) is 0.439. The first kappa shape index (κ1) is 41.3. The molecule has 0 aliphatic heterocycles. The zero-order chi connectivity index (χ0) is 40.5. The van der Waals surface area contributed by atoms with Gasteiger partial charge in [0.15, 0.2) is 5.76 Å². The Morgan fingerprint density at radius 2 is 1.70 bits per heavy atom. The molecule has 0 bridgehead atoms. The zero-order valence-corrected chi connectivity index (χ0v) is 35.2. The van der Waals surface area contributed by atoms with Crippen LogP contribution in [0.25, 0.3) is 22.0 Å². The van der Waals surface area contributed by atoms with Crippen LogP contribution >= 0.6 is 23.2 Å². The monoisotopic (exact) mass is 824 g/mol. The van der Waals surface area contributed by atoms with E-state index < -0.39 is 26.9 Å². The Hall–Kier alpha value is -4.30. The molecule has 12 nitrogen and oxygen atoms in total. The van der Waals surface area contributed by atoms with Crippen molar-refractivity contribution < 1.29 is 27.2 Å². The van der Waals surface area contributed by atoms with Gasteiger partial charge in [0.1, 0.15) is 11.4 Å². The number of furan rings is 1. The number of aryl methyl sites for hydroxylation is 5. The lowest BCUT2D eigenvalue weighted by molar-refractivity contribution is 0.0909. The number of carbonyl (C=O) groups excluding carboxylic acids is 2. The fourth-order valence-electron chi connectivity index (χ4n) is 7.69. The van der Waals surface area contributed by atoms with Crippen molar-refractivity contribution in [2.45, 2.75) is 97.2 Å². The van der Waals surface area contributed by atoms with Crippen molar-refractivity contribution in [2.75, 3.05) is 13.2 Å². The SMILES string of the molecule is Cc1cc(OCCCc2c(C(=O)NS(=O)(=O)c3ccc(C(=O)NCC4CCC(NC(C)C)CC4)o3)[nH]c3c(-c4c(C)nn(C)c4C)c(Cl)ccc23)cc(C)c1Cl. The number of H-pyrrole nitrogens is 1. The second-order valence-corrected chi connectivity index (χ2v) is 17.5. The molecule has 2 aromatic carbocycles. The lowest BCUT2D eigenvalue weighted by atomic mass is 9.85. The van der Waals surface area contributed by atoms with E-state index in [0.29, 0.717) is 81.8 Å². The van der Waals surface area contributed by atoms with E-state index in [1.807, 2.05) is 52.9 Å². The Kier molecular flexibility index (Phi) is 12.6. The Morgan fingerprint density at radius 1 is 1.00 bits per heavy atom. The smallest absolute Gasteiger partial charge is 0.297 e. The number of nitrogens with one attached hydrogen (secondary N) is 4. The van der Waals surface area contributed by atoms with Crippen LogP contribution in [0.2, 0.25) is 10.0 Å². The lowest BCUT2D eigenvalue weighted by Gasteiger charge is -2.30. The second kappa shape index (κ2) is 17.1. The predicted octanol–water partition coefficient (Wildman–Crippen LogP) is 8.12. The maximum absolute atomic E-state index is 14.0. The van der Waals surface area contributed by atoms with Crippen molar-refractivity contribution in [1.29, 1.82) is 0 Å². The first-order chi connectivity index (χ1) is 26.5. The third kappa shape index (κ3) is 8.96. The van der Waals surface area contributed by atoms with Crippen LogP contribution in [0.1, 0.15) is 95.1 Å². The van der Waals surface area contributed by atoms with Gasteiger partial charge in [-0.05, 0) is 119 Å². The van der Waals surface area contributed by atoms with E-state index in [0.717, 1.165) is 53.8 Å². The molecule has 1 aliphatic rings. The molecule has 300 valence electrons. The molecule has 3 heterocycles. The molecule has 5 aromatic rings. The quantitative estimate of drug-likeness (QED) is 0.0818. The molecule has 6 rings (SSSR count). The van der Waals surface area contributed by atoms with E-state index in [4.69, 9.17) is 32.4 Å². The van der Waals surface area contributed by atoms with Crippen LogP contribution in [0.4, 0.5) is 0 Å². The van der Waals surface area contributed by atoms with Crippen molar-refractivity contribution in [3.05, 3.63) is 86.0 Å². The molecule has 4 N–H and O–H groups in total. The molecule has 3 aromatic heterocycles. The van der Waals surface area contributed by atoms with E-state index in [-0.39, 0.29) is 11.5 Å². The number of hydrogen-bond donors (Lipinski definition) is 4. The van der Waals surface area contributed by atoms with Crippen LogP contribution in [0.15, 0.2) is 45.9 Å². The standard InChI is InChI=1S/C41H50Cl2N6O6S/c1-22(2)45-28-12-10-27(11-13-28)21-44-40(50)33-16-17-34(55-33)56(52,53)48-41(51)39-30(9-8-18-54-29-19-23(3)37(43)24(4)20-29)31-14-15-32(42)36(38(31)46-39)35-25(5)47-49(7)26(35)6/h14-17,19-20,22,27-28,45-46H,8-13,18,21H2,1-7H3,(H,44,50)(H,48,51). The summed E-state index contributed by atoms with van der Waals surface area (Å²) in [4.78, 5) is 30.2. The average Bonchev–Trinajstić information content (AvgIpc) is 3.85. The van der Waals surface area contributed by atoms with Gasteiger partial charge in [0.05, 0.1) is 22.8 Å². The van der Waals surface area contributed by atoms with Crippen LogP contribution in [0.5, 0.6) is 5.75 Å². The summed E-state index contributed by atoms with van der Waals surface area (Å²) in [6.45, 7) is 12.7. The third-order valence-electron chi connectivity index (χ3n) is 10.5. The molecular formula is C41H50Cl2N6O6S. The Bertz CT molecular complexity index is 2350. The Labute approximate surface area is 338 Å². The summed E-state index contributed by atoms with van der Waals surface area (Å²) in [6, 6.07) is 10.7. The number of hydrogen-bond acceptors (Lipinski definition) is 8. The second-order valence-electron chi connectivity index (χ2n) is 15.1. The van der Waals surface area contributed by atoms with E-state index in [1.54, 1.807) is 10.7 Å². The number of ether oxygens (including phenoxy) is 1. The average molecular weight is 826 g/mol. The number of rotatable bonds is 14. The number of aromatic amines is 1. The molecule has 0 saturated heterocycles. The van der Waals surface area contributed by atoms with Gasteiger partial charge >= 0.3 is 0 Å². The van der Waals surface area contributed by atoms with Gasteiger partial charge in [-0.15, -0.1) is 0 Å².